The number of anilines is 1. The van der Waals surface area contributed by atoms with E-state index in [4.69, 9.17) is 4.42 Å². The molecule has 1 N–H and O–H groups in total. The fraction of sp³-hybridized carbons (Fsp3) is 0.786. The lowest BCUT2D eigenvalue weighted by Gasteiger charge is -2.15. The molecule has 18 heavy (non-hydrogen) atoms. The van der Waals surface area contributed by atoms with Crippen LogP contribution in [0, 0.1) is 11.8 Å². The van der Waals surface area contributed by atoms with E-state index in [0.717, 1.165) is 37.8 Å². The van der Waals surface area contributed by atoms with Crippen LogP contribution < -0.4 is 10.2 Å². The van der Waals surface area contributed by atoms with E-state index in [-0.39, 0.29) is 0 Å². The van der Waals surface area contributed by atoms with Crippen molar-refractivity contribution in [3.05, 3.63) is 12.0 Å². The SMILES string of the molecule is CC(C)CCN(C)c1nc(CNCC(C)C)co1. The summed E-state index contributed by atoms with van der Waals surface area (Å²) < 4.78 is 5.49. The van der Waals surface area contributed by atoms with Gasteiger partial charge in [-0.2, -0.15) is 4.98 Å². The molecule has 0 fully saturated rings. The van der Waals surface area contributed by atoms with E-state index in [1.54, 1.807) is 6.26 Å². The predicted molar refractivity (Wildman–Crippen MR) is 75.8 cm³/mol. The molecule has 4 nitrogen and oxygen atoms in total. The smallest absolute Gasteiger partial charge is 0.297 e. The Balaban J connectivity index is 2.37. The van der Waals surface area contributed by atoms with Crippen molar-refractivity contribution in [2.45, 2.75) is 40.7 Å². The van der Waals surface area contributed by atoms with Gasteiger partial charge in [-0.3, -0.25) is 0 Å². The van der Waals surface area contributed by atoms with Gasteiger partial charge in [0.25, 0.3) is 6.01 Å². The first kappa shape index (κ1) is 15.0. The summed E-state index contributed by atoms with van der Waals surface area (Å²) in [5, 5.41) is 3.36. The lowest BCUT2D eigenvalue weighted by molar-refractivity contribution is 0.519. The summed E-state index contributed by atoms with van der Waals surface area (Å²) in [7, 11) is 2.03. The molecule has 0 aliphatic rings. The summed E-state index contributed by atoms with van der Waals surface area (Å²) in [4.78, 5) is 6.56. The fourth-order valence-electron chi connectivity index (χ4n) is 1.59. The van der Waals surface area contributed by atoms with Crippen LogP contribution in [0.4, 0.5) is 6.01 Å². The molecule has 0 aliphatic carbocycles. The van der Waals surface area contributed by atoms with Gasteiger partial charge in [0.15, 0.2) is 0 Å². The van der Waals surface area contributed by atoms with Gasteiger partial charge < -0.3 is 14.6 Å². The zero-order valence-corrected chi connectivity index (χ0v) is 12.4. The van der Waals surface area contributed by atoms with E-state index < -0.39 is 0 Å². The zero-order valence-electron chi connectivity index (χ0n) is 12.4. The van der Waals surface area contributed by atoms with Gasteiger partial charge >= 0.3 is 0 Å². The standard InChI is InChI=1S/C14H27N3O/c1-11(2)6-7-17(5)14-16-13(10-18-14)9-15-8-12(3)4/h10-12,15H,6-9H2,1-5H3. The Labute approximate surface area is 111 Å². The van der Waals surface area contributed by atoms with E-state index in [1.165, 1.54) is 0 Å². The number of hydrogen-bond donors (Lipinski definition) is 1. The summed E-state index contributed by atoms with van der Waals surface area (Å²) in [6.07, 6.45) is 2.90. The molecule has 1 heterocycles. The molecule has 104 valence electrons. The van der Waals surface area contributed by atoms with Crippen molar-refractivity contribution >= 4 is 6.01 Å². The summed E-state index contributed by atoms with van der Waals surface area (Å²) in [5.74, 6) is 1.36. The molecule has 1 aromatic rings. The Bertz CT molecular complexity index is 334. The molecule has 4 heteroatoms. The Morgan fingerprint density at radius 2 is 2.00 bits per heavy atom. The second-order valence-corrected chi connectivity index (χ2v) is 5.75. The van der Waals surface area contributed by atoms with Gasteiger partial charge in [0.05, 0.1) is 5.69 Å². The quantitative estimate of drug-likeness (QED) is 0.773. The van der Waals surface area contributed by atoms with Crippen LogP contribution in [0.2, 0.25) is 0 Å². The summed E-state index contributed by atoms with van der Waals surface area (Å²) in [6.45, 7) is 11.6. The molecule has 0 amide bonds. The Morgan fingerprint density at radius 3 is 2.61 bits per heavy atom. The van der Waals surface area contributed by atoms with Crippen LogP contribution >= 0.6 is 0 Å². The van der Waals surface area contributed by atoms with Crippen LogP contribution in [0.25, 0.3) is 0 Å². The Hall–Kier alpha value is -1.03. The second kappa shape index (κ2) is 7.41. The molecule has 0 atom stereocenters. The van der Waals surface area contributed by atoms with Gasteiger partial charge in [-0.05, 0) is 24.8 Å². The first-order valence-electron chi connectivity index (χ1n) is 6.85. The average molecular weight is 253 g/mol. The number of nitrogens with zero attached hydrogens (tertiary/aromatic N) is 2. The van der Waals surface area contributed by atoms with E-state index in [2.05, 4.69) is 42.9 Å². The highest BCUT2D eigenvalue weighted by molar-refractivity contribution is 5.24. The third kappa shape index (κ3) is 5.54. The minimum absolute atomic E-state index is 0.657. The van der Waals surface area contributed by atoms with Crippen molar-refractivity contribution in [2.75, 3.05) is 25.0 Å². The minimum atomic E-state index is 0.657. The topological polar surface area (TPSA) is 41.3 Å². The van der Waals surface area contributed by atoms with E-state index in [0.29, 0.717) is 11.8 Å². The van der Waals surface area contributed by atoms with Crippen molar-refractivity contribution in [3.8, 4) is 0 Å². The number of aromatic nitrogens is 1. The van der Waals surface area contributed by atoms with Crippen LogP contribution in [0.5, 0.6) is 0 Å². The van der Waals surface area contributed by atoms with E-state index in [9.17, 15) is 0 Å². The number of oxazole rings is 1. The third-order valence-corrected chi connectivity index (χ3v) is 2.77. The molecule has 0 saturated heterocycles. The molecular formula is C14H27N3O. The zero-order chi connectivity index (χ0) is 13.5. The lowest BCUT2D eigenvalue weighted by atomic mass is 10.1. The highest BCUT2D eigenvalue weighted by Crippen LogP contribution is 2.13. The summed E-state index contributed by atoms with van der Waals surface area (Å²) in [6, 6.07) is 0.719. The maximum Gasteiger partial charge on any atom is 0.297 e. The molecule has 1 aromatic heterocycles. The summed E-state index contributed by atoms with van der Waals surface area (Å²) >= 11 is 0. The molecular weight excluding hydrogens is 226 g/mol. The lowest BCUT2D eigenvalue weighted by Crippen LogP contribution is -2.21. The van der Waals surface area contributed by atoms with Crippen LogP contribution in [-0.4, -0.2) is 25.1 Å². The average Bonchev–Trinajstić information content (AvgIpc) is 2.74. The number of hydrogen-bond acceptors (Lipinski definition) is 4. The predicted octanol–water partition coefficient (Wildman–Crippen LogP) is 2.90. The maximum atomic E-state index is 5.49. The van der Waals surface area contributed by atoms with Gasteiger partial charge in [-0.15, -0.1) is 0 Å². The highest BCUT2D eigenvalue weighted by Gasteiger charge is 2.09. The first-order chi connectivity index (χ1) is 8.49. The van der Waals surface area contributed by atoms with Gasteiger partial charge in [-0.25, -0.2) is 0 Å². The van der Waals surface area contributed by atoms with Gasteiger partial charge in [-0.1, -0.05) is 27.7 Å². The molecule has 1 rings (SSSR count). The molecule has 0 spiro atoms. The number of rotatable bonds is 8. The minimum Gasteiger partial charge on any atom is -0.432 e. The number of nitrogens with one attached hydrogen (secondary N) is 1. The monoisotopic (exact) mass is 253 g/mol. The fourth-order valence-corrected chi connectivity index (χ4v) is 1.59. The van der Waals surface area contributed by atoms with Crippen LogP contribution in [-0.2, 0) is 6.54 Å². The molecule has 0 aliphatic heterocycles. The Morgan fingerprint density at radius 1 is 1.28 bits per heavy atom. The van der Waals surface area contributed by atoms with Crippen LogP contribution in [0.15, 0.2) is 10.7 Å². The van der Waals surface area contributed by atoms with Crippen molar-refractivity contribution in [1.82, 2.24) is 10.3 Å². The largest absolute Gasteiger partial charge is 0.432 e. The van der Waals surface area contributed by atoms with Crippen LogP contribution in [0.3, 0.4) is 0 Å². The highest BCUT2D eigenvalue weighted by atomic mass is 16.4. The molecule has 0 saturated carbocycles. The van der Waals surface area contributed by atoms with Crippen molar-refractivity contribution in [3.63, 3.8) is 0 Å². The van der Waals surface area contributed by atoms with Gasteiger partial charge in [0.2, 0.25) is 0 Å². The van der Waals surface area contributed by atoms with Crippen molar-refractivity contribution < 1.29 is 4.42 Å². The first-order valence-corrected chi connectivity index (χ1v) is 6.85. The molecule has 0 unspecified atom stereocenters. The molecule has 0 radical (unpaired) electrons. The molecule has 0 aromatic carbocycles. The van der Waals surface area contributed by atoms with Crippen molar-refractivity contribution in [1.29, 1.82) is 0 Å². The van der Waals surface area contributed by atoms with Crippen LogP contribution in [0.1, 0.15) is 39.8 Å². The van der Waals surface area contributed by atoms with E-state index in [1.807, 2.05) is 7.05 Å². The van der Waals surface area contributed by atoms with Gasteiger partial charge in [0.1, 0.15) is 6.26 Å². The maximum absolute atomic E-state index is 5.49. The van der Waals surface area contributed by atoms with E-state index >= 15 is 0 Å². The second-order valence-electron chi connectivity index (χ2n) is 5.75. The summed E-state index contributed by atoms with van der Waals surface area (Å²) in [5.41, 5.74) is 0.974. The van der Waals surface area contributed by atoms with Crippen molar-refractivity contribution in [2.24, 2.45) is 11.8 Å². The normalized spacial score (nSPS) is 11.5. The van der Waals surface area contributed by atoms with Gasteiger partial charge in [0, 0.05) is 20.1 Å². The Kier molecular flexibility index (Phi) is 6.19. The molecule has 0 bridgehead atoms. The third-order valence-electron chi connectivity index (χ3n) is 2.77.